The fourth-order valence-corrected chi connectivity index (χ4v) is 3.50. The van der Waals surface area contributed by atoms with E-state index in [1.54, 1.807) is 7.11 Å². The fourth-order valence-electron chi connectivity index (χ4n) is 2.01. The molecule has 0 aromatic heterocycles. The molecule has 110 valence electrons. The number of hydrogen-bond donors (Lipinski definition) is 2. The summed E-state index contributed by atoms with van der Waals surface area (Å²) in [5.74, 6) is -0.396. The van der Waals surface area contributed by atoms with E-state index in [9.17, 15) is 14.7 Å². The Hall–Kier alpha value is -0.790. The van der Waals surface area contributed by atoms with Gasteiger partial charge in [-0.25, -0.2) is 4.79 Å². The van der Waals surface area contributed by atoms with Crippen molar-refractivity contribution >= 4 is 23.6 Å². The van der Waals surface area contributed by atoms with Gasteiger partial charge in [-0.05, 0) is 5.92 Å². The van der Waals surface area contributed by atoms with Crippen LogP contribution in [0.4, 0.5) is 0 Å². The quantitative estimate of drug-likeness (QED) is 0.654. The second kappa shape index (κ2) is 7.72. The maximum absolute atomic E-state index is 12.2. The topological polar surface area (TPSA) is 78.9 Å². The summed E-state index contributed by atoms with van der Waals surface area (Å²) in [5.41, 5.74) is 0. The van der Waals surface area contributed by atoms with Crippen LogP contribution in [0.25, 0.3) is 0 Å². The van der Waals surface area contributed by atoms with Crippen LogP contribution in [0.2, 0.25) is 0 Å². The van der Waals surface area contributed by atoms with Gasteiger partial charge in [-0.1, -0.05) is 13.8 Å². The van der Waals surface area contributed by atoms with Crippen molar-refractivity contribution in [1.82, 2.24) is 10.2 Å². The van der Waals surface area contributed by atoms with E-state index in [4.69, 9.17) is 4.74 Å². The number of carboxylic acid groups (broad SMARTS) is 1. The highest BCUT2D eigenvalue weighted by Crippen LogP contribution is 2.33. The maximum atomic E-state index is 12.2. The Balaban J connectivity index is 2.62. The molecule has 7 heteroatoms. The SMILES string of the molecule is COCCNCC(=O)N1C(C(=O)O)CSC1C(C)C. The second-order valence-corrected chi connectivity index (χ2v) is 5.94. The molecule has 2 atom stereocenters. The lowest BCUT2D eigenvalue weighted by Crippen LogP contribution is -2.50. The molecule has 1 amide bonds. The Morgan fingerprint density at radius 3 is 2.74 bits per heavy atom. The van der Waals surface area contributed by atoms with E-state index in [0.717, 1.165) is 0 Å². The van der Waals surface area contributed by atoms with Crippen molar-refractivity contribution in [3.8, 4) is 0 Å². The van der Waals surface area contributed by atoms with Crippen LogP contribution in [0.5, 0.6) is 0 Å². The van der Waals surface area contributed by atoms with Crippen LogP contribution < -0.4 is 5.32 Å². The Morgan fingerprint density at radius 2 is 2.21 bits per heavy atom. The molecular weight excluding hydrogens is 268 g/mol. The minimum Gasteiger partial charge on any atom is -0.480 e. The smallest absolute Gasteiger partial charge is 0.327 e. The summed E-state index contributed by atoms with van der Waals surface area (Å²) in [6.45, 7) is 5.25. The number of aliphatic carboxylic acids is 1. The standard InChI is InChI=1S/C12H22N2O4S/c1-8(2)11-14(9(7-19-11)12(16)17)10(15)6-13-4-5-18-3/h8-9,11,13H,4-7H2,1-3H3,(H,16,17). The molecule has 1 rings (SSSR count). The van der Waals surface area contributed by atoms with Gasteiger partial charge in [0.1, 0.15) is 6.04 Å². The summed E-state index contributed by atoms with van der Waals surface area (Å²) in [7, 11) is 1.59. The molecule has 1 saturated heterocycles. The first-order valence-electron chi connectivity index (χ1n) is 6.34. The first-order chi connectivity index (χ1) is 8.99. The molecule has 1 fully saturated rings. The summed E-state index contributed by atoms with van der Waals surface area (Å²) in [4.78, 5) is 24.9. The van der Waals surface area contributed by atoms with E-state index >= 15 is 0 Å². The number of thioether (sulfide) groups is 1. The number of rotatable bonds is 7. The summed E-state index contributed by atoms with van der Waals surface area (Å²) < 4.78 is 4.88. The third-order valence-corrected chi connectivity index (χ3v) is 4.56. The monoisotopic (exact) mass is 290 g/mol. The van der Waals surface area contributed by atoms with Gasteiger partial charge in [0, 0.05) is 19.4 Å². The largest absolute Gasteiger partial charge is 0.480 e. The normalized spacial score (nSPS) is 23.1. The summed E-state index contributed by atoms with van der Waals surface area (Å²) in [6.07, 6.45) is 0. The van der Waals surface area contributed by atoms with Gasteiger partial charge in [0.25, 0.3) is 0 Å². The number of carboxylic acids is 1. The predicted molar refractivity (Wildman–Crippen MR) is 74.1 cm³/mol. The van der Waals surface area contributed by atoms with Gasteiger partial charge < -0.3 is 20.1 Å². The summed E-state index contributed by atoms with van der Waals surface area (Å²) in [6, 6.07) is -0.714. The van der Waals surface area contributed by atoms with Crippen LogP contribution in [-0.2, 0) is 14.3 Å². The Kier molecular flexibility index (Phi) is 6.60. The number of ether oxygens (including phenoxy) is 1. The highest BCUT2D eigenvalue weighted by Gasteiger charge is 2.42. The molecule has 0 bridgehead atoms. The van der Waals surface area contributed by atoms with Crippen LogP contribution in [0.15, 0.2) is 0 Å². The highest BCUT2D eigenvalue weighted by atomic mass is 32.2. The number of nitrogens with zero attached hydrogens (tertiary/aromatic N) is 1. The Bertz CT molecular complexity index is 325. The molecule has 2 N–H and O–H groups in total. The third-order valence-electron chi connectivity index (χ3n) is 2.94. The van der Waals surface area contributed by atoms with E-state index in [2.05, 4.69) is 5.32 Å². The van der Waals surface area contributed by atoms with E-state index in [0.29, 0.717) is 18.9 Å². The summed E-state index contributed by atoms with van der Waals surface area (Å²) >= 11 is 1.54. The molecule has 2 unspecified atom stereocenters. The first-order valence-corrected chi connectivity index (χ1v) is 7.39. The minimum atomic E-state index is -0.930. The van der Waals surface area contributed by atoms with E-state index in [-0.39, 0.29) is 23.7 Å². The summed E-state index contributed by atoms with van der Waals surface area (Å²) in [5, 5.41) is 12.1. The van der Waals surface area contributed by atoms with Gasteiger partial charge in [0.15, 0.2) is 0 Å². The van der Waals surface area contributed by atoms with Crippen molar-refractivity contribution in [1.29, 1.82) is 0 Å². The molecule has 1 aliphatic heterocycles. The van der Waals surface area contributed by atoms with Crippen molar-refractivity contribution in [2.45, 2.75) is 25.3 Å². The zero-order valence-corrected chi connectivity index (χ0v) is 12.4. The third kappa shape index (κ3) is 4.36. The van der Waals surface area contributed by atoms with E-state index < -0.39 is 12.0 Å². The van der Waals surface area contributed by atoms with E-state index in [1.165, 1.54) is 16.7 Å². The van der Waals surface area contributed by atoms with Crippen LogP contribution in [0.1, 0.15) is 13.8 Å². The number of nitrogens with one attached hydrogen (secondary N) is 1. The first kappa shape index (κ1) is 16.3. The number of hydrogen-bond acceptors (Lipinski definition) is 5. The average Bonchev–Trinajstić information content (AvgIpc) is 2.79. The van der Waals surface area contributed by atoms with Crippen molar-refractivity contribution in [2.75, 3.05) is 32.6 Å². The molecule has 19 heavy (non-hydrogen) atoms. The molecule has 6 nitrogen and oxygen atoms in total. The molecule has 0 radical (unpaired) electrons. The average molecular weight is 290 g/mol. The lowest BCUT2D eigenvalue weighted by atomic mass is 10.1. The highest BCUT2D eigenvalue weighted by molar-refractivity contribution is 8.00. The van der Waals surface area contributed by atoms with Crippen molar-refractivity contribution < 1.29 is 19.4 Å². The molecular formula is C12H22N2O4S. The molecule has 0 aromatic rings. The van der Waals surface area contributed by atoms with E-state index in [1.807, 2.05) is 13.8 Å². The molecule has 1 aliphatic rings. The lowest BCUT2D eigenvalue weighted by Gasteiger charge is -2.29. The predicted octanol–water partition coefficient (Wildman–Crippen LogP) is 0.233. The molecule has 0 spiro atoms. The maximum Gasteiger partial charge on any atom is 0.327 e. The number of carbonyl (C=O) groups excluding carboxylic acids is 1. The van der Waals surface area contributed by atoms with Gasteiger partial charge in [-0.15, -0.1) is 11.8 Å². The lowest BCUT2D eigenvalue weighted by molar-refractivity contribution is -0.149. The number of methoxy groups -OCH3 is 1. The van der Waals surface area contributed by atoms with Gasteiger partial charge in [-0.2, -0.15) is 0 Å². The van der Waals surface area contributed by atoms with Crippen LogP contribution in [0, 0.1) is 5.92 Å². The van der Waals surface area contributed by atoms with Crippen molar-refractivity contribution in [3.05, 3.63) is 0 Å². The Morgan fingerprint density at radius 1 is 1.53 bits per heavy atom. The molecule has 0 aromatic carbocycles. The minimum absolute atomic E-state index is 0.0576. The van der Waals surface area contributed by atoms with Gasteiger partial charge >= 0.3 is 5.97 Å². The van der Waals surface area contributed by atoms with Crippen molar-refractivity contribution in [3.63, 3.8) is 0 Å². The Labute approximate surface area is 117 Å². The zero-order chi connectivity index (χ0) is 14.4. The van der Waals surface area contributed by atoms with Crippen LogP contribution in [-0.4, -0.2) is 65.9 Å². The number of carbonyl (C=O) groups is 2. The molecule has 1 heterocycles. The fraction of sp³-hybridized carbons (Fsp3) is 0.833. The second-order valence-electron chi connectivity index (χ2n) is 4.79. The van der Waals surface area contributed by atoms with Crippen molar-refractivity contribution in [2.24, 2.45) is 5.92 Å². The van der Waals surface area contributed by atoms with Gasteiger partial charge in [0.05, 0.1) is 18.5 Å². The van der Waals surface area contributed by atoms with Crippen LogP contribution >= 0.6 is 11.8 Å². The number of amides is 1. The molecule has 0 saturated carbocycles. The van der Waals surface area contributed by atoms with Gasteiger partial charge in [-0.3, -0.25) is 4.79 Å². The van der Waals surface area contributed by atoms with Crippen LogP contribution in [0.3, 0.4) is 0 Å². The van der Waals surface area contributed by atoms with Gasteiger partial charge in [0.2, 0.25) is 5.91 Å². The zero-order valence-electron chi connectivity index (χ0n) is 11.6. The molecule has 0 aliphatic carbocycles.